The Morgan fingerprint density at radius 3 is 2.62 bits per heavy atom. The number of carbonyl (C=O) groups excluding carboxylic acids is 2. The largest absolute Gasteiger partial charge is 0.449 e. The molecule has 0 unspecified atom stereocenters. The first-order chi connectivity index (χ1) is 12.6. The van der Waals surface area contributed by atoms with Gasteiger partial charge in [0.05, 0.1) is 12.1 Å². The van der Waals surface area contributed by atoms with E-state index < -0.39 is 12.1 Å². The minimum Gasteiger partial charge on any atom is -0.449 e. The molecule has 6 heteroatoms. The molecule has 0 radical (unpaired) electrons. The van der Waals surface area contributed by atoms with Crippen LogP contribution in [0.3, 0.4) is 0 Å². The fourth-order valence-electron chi connectivity index (χ4n) is 3.17. The predicted octanol–water partition coefficient (Wildman–Crippen LogP) is 2.93. The summed E-state index contributed by atoms with van der Waals surface area (Å²) in [6.45, 7) is 2.25. The second-order valence-electron chi connectivity index (χ2n) is 6.79. The lowest BCUT2D eigenvalue weighted by molar-refractivity contribution is -0.130. The normalized spacial score (nSPS) is 16.0. The number of nitrogens with zero attached hydrogens (tertiary/aromatic N) is 2. The maximum absolute atomic E-state index is 12.3. The monoisotopic (exact) mass is 355 g/mol. The van der Waals surface area contributed by atoms with Crippen LogP contribution in [0.15, 0.2) is 42.7 Å². The van der Waals surface area contributed by atoms with Gasteiger partial charge in [-0.05, 0) is 43.5 Å². The number of nitrogens with one attached hydrogen (secondary N) is 1. The predicted molar refractivity (Wildman–Crippen MR) is 97.7 cm³/mol. The van der Waals surface area contributed by atoms with Gasteiger partial charge in [0.2, 0.25) is 0 Å². The van der Waals surface area contributed by atoms with E-state index in [0.29, 0.717) is 12.1 Å². The Morgan fingerprint density at radius 1 is 1.23 bits per heavy atom. The van der Waals surface area contributed by atoms with Crippen LogP contribution in [-0.4, -0.2) is 33.8 Å². The average molecular weight is 355 g/mol. The molecular formula is C20H25N3O3. The van der Waals surface area contributed by atoms with E-state index in [1.54, 1.807) is 25.3 Å². The topological polar surface area (TPSA) is 73.2 Å². The highest BCUT2D eigenvalue weighted by molar-refractivity contribution is 5.92. The molecule has 0 bridgehead atoms. The summed E-state index contributed by atoms with van der Waals surface area (Å²) in [5, 5.41) is 7.14. The molecule has 0 saturated heterocycles. The third kappa shape index (κ3) is 4.94. The smallest absolute Gasteiger partial charge is 0.338 e. The summed E-state index contributed by atoms with van der Waals surface area (Å²) in [5.41, 5.74) is 1.47. The summed E-state index contributed by atoms with van der Waals surface area (Å²) in [7, 11) is 0. The molecule has 6 nitrogen and oxygen atoms in total. The summed E-state index contributed by atoms with van der Waals surface area (Å²) in [4.78, 5) is 24.5. The molecule has 26 heavy (non-hydrogen) atoms. The minimum absolute atomic E-state index is 0.207. The van der Waals surface area contributed by atoms with Crippen molar-refractivity contribution >= 4 is 11.9 Å². The summed E-state index contributed by atoms with van der Waals surface area (Å²) < 4.78 is 7.13. The molecule has 1 atom stereocenters. The fourth-order valence-corrected chi connectivity index (χ4v) is 3.17. The first-order valence-corrected chi connectivity index (χ1v) is 9.19. The Kier molecular flexibility index (Phi) is 6.04. The fraction of sp³-hybridized carbons (Fsp3) is 0.450. The molecule has 1 aromatic heterocycles. The van der Waals surface area contributed by atoms with Gasteiger partial charge >= 0.3 is 5.97 Å². The molecule has 1 aliphatic rings. The number of rotatable bonds is 6. The van der Waals surface area contributed by atoms with Crippen molar-refractivity contribution in [1.82, 2.24) is 15.1 Å². The number of ether oxygens (including phenoxy) is 1. The van der Waals surface area contributed by atoms with Crippen molar-refractivity contribution in [3.8, 4) is 0 Å². The number of esters is 1. The van der Waals surface area contributed by atoms with Gasteiger partial charge in [-0.15, -0.1) is 0 Å². The molecule has 1 amide bonds. The number of amides is 1. The van der Waals surface area contributed by atoms with Gasteiger partial charge in [-0.3, -0.25) is 9.48 Å². The quantitative estimate of drug-likeness (QED) is 0.809. The van der Waals surface area contributed by atoms with Crippen molar-refractivity contribution in [2.75, 3.05) is 0 Å². The lowest BCUT2D eigenvalue weighted by atomic mass is 9.95. The van der Waals surface area contributed by atoms with Crippen LogP contribution in [0, 0.1) is 0 Å². The van der Waals surface area contributed by atoms with Crippen molar-refractivity contribution < 1.29 is 14.3 Å². The maximum atomic E-state index is 12.3. The Bertz CT molecular complexity index is 719. The van der Waals surface area contributed by atoms with Crippen LogP contribution in [-0.2, 0) is 16.1 Å². The number of aromatic nitrogens is 2. The van der Waals surface area contributed by atoms with Crippen LogP contribution in [0.1, 0.15) is 54.9 Å². The van der Waals surface area contributed by atoms with E-state index in [1.807, 2.05) is 29.1 Å². The summed E-state index contributed by atoms with van der Waals surface area (Å²) in [6.07, 6.45) is 8.34. The van der Waals surface area contributed by atoms with Crippen LogP contribution in [0.2, 0.25) is 0 Å². The van der Waals surface area contributed by atoms with Gasteiger partial charge in [0.15, 0.2) is 6.10 Å². The Labute approximate surface area is 153 Å². The van der Waals surface area contributed by atoms with E-state index in [9.17, 15) is 9.59 Å². The summed E-state index contributed by atoms with van der Waals surface area (Å²) >= 11 is 0. The Balaban J connectivity index is 1.50. The third-order valence-corrected chi connectivity index (χ3v) is 4.70. The highest BCUT2D eigenvalue weighted by atomic mass is 16.5. The summed E-state index contributed by atoms with van der Waals surface area (Å²) in [6, 6.07) is 9.24. The second-order valence-corrected chi connectivity index (χ2v) is 6.79. The first kappa shape index (κ1) is 18.2. The molecule has 1 fully saturated rings. The highest BCUT2D eigenvalue weighted by Gasteiger charge is 2.22. The molecule has 2 aromatic rings. The number of benzene rings is 1. The zero-order valence-electron chi connectivity index (χ0n) is 15.1. The highest BCUT2D eigenvalue weighted by Crippen LogP contribution is 2.17. The zero-order chi connectivity index (χ0) is 18.4. The molecule has 1 saturated carbocycles. The van der Waals surface area contributed by atoms with Crippen molar-refractivity contribution in [2.45, 2.75) is 57.7 Å². The van der Waals surface area contributed by atoms with Crippen molar-refractivity contribution in [1.29, 1.82) is 0 Å². The van der Waals surface area contributed by atoms with E-state index in [-0.39, 0.29) is 11.9 Å². The van der Waals surface area contributed by atoms with E-state index in [1.165, 1.54) is 6.42 Å². The standard InChI is InChI=1S/C20H25N3O3/c1-15(19(24)22-18-6-3-2-4-7-18)26-20(25)17-10-8-16(9-11-17)14-23-13-5-12-21-23/h5,8-13,15,18H,2-4,6-7,14H2,1H3,(H,22,24)/t15-/m0/s1. The van der Waals surface area contributed by atoms with E-state index >= 15 is 0 Å². The van der Waals surface area contributed by atoms with Crippen molar-refractivity contribution in [3.63, 3.8) is 0 Å². The number of hydrogen-bond donors (Lipinski definition) is 1. The molecule has 1 aromatic carbocycles. The van der Waals surface area contributed by atoms with Gasteiger partial charge in [0.1, 0.15) is 0 Å². The van der Waals surface area contributed by atoms with E-state index in [0.717, 1.165) is 31.2 Å². The Morgan fingerprint density at radius 2 is 1.96 bits per heavy atom. The molecule has 138 valence electrons. The minimum atomic E-state index is -0.798. The second kappa shape index (κ2) is 8.65. The molecule has 1 aliphatic carbocycles. The van der Waals surface area contributed by atoms with Crippen LogP contribution in [0.4, 0.5) is 0 Å². The van der Waals surface area contributed by atoms with E-state index in [4.69, 9.17) is 4.74 Å². The van der Waals surface area contributed by atoms with Crippen molar-refractivity contribution in [3.05, 3.63) is 53.9 Å². The summed E-state index contributed by atoms with van der Waals surface area (Å²) in [5.74, 6) is -0.706. The Hall–Kier alpha value is -2.63. The average Bonchev–Trinajstić information content (AvgIpc) is 3.16. The molecular weight excluding hydrogens is 330 g/mol. The van der Waals surface area contributed by atoms with Gasteiger partial charge < -0.3 is 10.1 Å². The lowest BCUT2D eigenvalue weighted by Crippen LogP contribution is -2.42. The van der Waals surface area contributed by atoms with Gasteiger partial charge in [0.25, 0.3) is 5.91 Å². The third-order valence-electron chi connectivity index (χ3n) is 4.70. The number of hydrogen-bond acceptors (Lipinski definition) is 4. The van der Waals surface area contributed by atoms with Crippen molar-refractivity contribution in [2.24, 2.45) is 0 Å². The molecule has 0 aliphatic heterocycles. The first-order valence-electron chi connectivity index (χ1n) is 9.19. The van der Waals surface area contributed by atoms with Gasteiger partial charge in [-0.25, -0.2) is 4.79 Å². The van der Waals surface area contributed by atoms with Crippen LogP contribution in [0.5, 0.6) is 0 Å². The van der Waals surface area contributed by atoms with Gasteiger partial charge in [-0.1, -0.05) is 31.4 Å². The van der Waals surface area contributed by atoms with Gasteiger partial charge in [0, 0.05) is 18.4 Å². The van der Waals surface area contributed by atoms with Crippen LogP contribution >= 0.6 is 0 Å². The maximum Gasteiger partial charge on any atom is 0.338 e. The van der Waals surface area contributed by atoms with Crippen LogP contribution in [0.25, 0.3) is 0 Å². The number of carbonyl (C=O) groups is 2. The van der Waals surface area contributed by atoms with E-state index in [2.05, 4.69) is 10.4 Å². The molecule has 1 heterocycles. The van der Waals surface area contributed by atoms with Crippen LogP contribution < -0.4 is 5.32 Å². The molecule has 1 N–H and O–H groups in total. The lowest BCUT2D eigenvalue weighted by Gasteiger charge is -2.24. The molecule has 3 rings (SSSR count). The van der Waals surface area contributed by atoms with Gasteiger partial charge in [-0.2, -0.15) is 5.10 Å². The SMILES string of the molecule is C[C@H](OC(=O)c1ccc(Cn2cccn2)cc1)C(=O)NC1CCCCC1. The zero-order valence-corrected chi connectivity index (χ0v) is 15.1. The molecule has 0 spiro atoms.